The maximum Gasteiger partial charge on any atom is 0.338 e. The van der Waals surface area contributed by atoms with E-state index in [1.54, 1.807) is 0 Å². The fourth-order valence-electron chi connectivity index (χ4n) is 2.53. The Morgan fingerprint density at radius 1 is 0.840 bits per heavy atom. The first-order valence-electron chi connectivity index (χ1n) is 9.92. The first-order chi connectivity index (χ1) is 12.1. The predicted molar refractivity (Wildman–Crippen MR) is 105 cm³/mol. The topological polar surface area (TPSA) is 94.1 Å². The molecule has 0 radical (unpaired) electrons. The van der Waals surface area contributed by atoms with Crippen molar-refractivity contribution in [3.63, 3.8) is 0 Å². The average molecular weight is 378 g/mol. The summed E-state index contributed by atoms with van der Waals surface area (Å²) in [6.45, 7) is 5.15. The Morgan fingerprint density at radius 3 is 1.64 bits per heavy atom. The Balaban J connectivity index is 4.06. The van der Waals surface area contributed by atoms with Gasteiger partial charge in [0.1, 0.15) is 6.16 Å². The molecule has 0 atom stereocenters. The molecule has 25 heavy (non-hydrogen) atoms. The normalized spacial score (nSPS) is 12.6. The predicted octanol–water partition coefficient (Wildman–Crippen LogP) is 5.68. The van der Waals surface area contributed by atoms with Crippen molar-refractivity contribution in [1.29, 1.82) is 0 Å². The molecule has 0 saturated heterocycles. The van der Waals surface area contributed by atoms with Gasteiger partial charge in [0.15, 0.2) is 5.84 Å². The van der Waals surface area contributed by atoms with Gasteiger partial charge in [-0.25, -0.2) is 0 Å². The summed E-state index contributed by atoms with van der Waals surface area (Å²) in [6, 6.07) is 0. The molecule has 150 valence electrons. The van der Waals surface area contributed by atoms with Gasteiger partial charge in [-0.05, 0) is 12.8 Å². The Morgan fingerprint density at radius 2 is 1.24 bits per heavy atom. The van der Waals surface area contributed by atoms with Crippen LogP contribution in [0.4, 0.5) is 0 Å². The summed E-state index contributed by atoms with van der Waals surface area (Å²) in [5.41, 5.74) is 5.50. The molecule has 0 spiro atoms. The highest BCUT2D eigenvalue weighted by molar-refractivity contribution is 7.54. The minimum Gasteiger partial charge on any atom is -0.409 e. The molecule has 0 saturated carbocycles. The van der Waals surface area contributed by atoms with E-state index in [1.807, 2.05) is 0 Å². The Kier molecular flexibility index (Phi) is 16.5. The highest BCUT2D eigenvalue weighted by atomic mass is 31.2. The summed E-state index contributed by atoms with van der Waals surface area (Å²) in [5, 5.41) is 11.6. The van der Waals surface area contributed by atoms with E-state index in [-0.39, 0.29) is 12.0 Å². The highest BCUT2D eigenvalue weighted by Crippen LogP contribution is 2.48. The molecule has 0 aromatic heterocycles. The molecule has 0 aliphatic rings. The minimum atomic E-state index is -3.33. The second-order valence-electron chi connectivity index (χ2n) is 6.56. The van der Waals surface area contributed by atoms with E-state index >= 15 is 0 Å². The van der Waals surface area contributed by atoms with Gasteiger partial charge in [-0.1, -0.05) is 83.2 Å². The fraction of sp³-hybridized carbons (Fsp3) is 0.944. The van der Waals surface area contributed by atoms with E-state index in [9.17, 15) is 4.57 Å². The number of rotatable bonds is 18. The van der Waals surface area contributed by atoms with Gasteiger partial charge in [-0.15, -0.1) is 0 Å². The van der Waals surface area contributed by atoms with Crippen LogP contribution >= 0.6 is 7.60 Å². The first-order valence-corrected chi connectivity index (χ1v) is 11.6. The molecular formula is C18H39N2O4P. The van der Waals surface area contributed by atoms with Gasteiger partial charge in [0, 0.05) is 0 Å². The Hall–Kier alpha value is -0.580. The molecule has 0 aliphatic heterocycles. The molecule has 0 rings (SSSR count). The summed E-state index contributed by atoms with van der Waals surface area (Å²) < 4.78 is 23.8. The van der Waals surface area contributed by atoms with Crippen molar-refractivity contribution in [2.45, 2.75) is 90.9 Å². The second kappa shape index (κ2) is 16.9. The summed E-state index contributed by atoms with van der Waals surface area (Å²) in [6.07, 6.45) is 13.4. The number of nitrogens with zero attached hydrogens (tertiary/aromatic N) is 1. The quantitative estimate of drug-likeness (QED) is 0.0799. The van der Waals surface area contributed by atoms with E-state index in [0.29, 0.717) is 13.2 Å². The number of hydrogen-bond donors (Lipinski definition) is 2. The number of unbranched alkanes of at least 4 members (excludes halogenated alkanes) is 10. The lowest BCUT2D eigenvalue weighted by atomic mass is 10.1. The van der Waals surface area contributed by atoms with Crippen molar-refractivity contribution >= 4 is 13.4 Å². The van der Waals surface area contributed by atoms with Crippen LogP contribution in [0.25, 0.3) is 0 Å². The van der Waals surface area contributed by atoms with Crippen LogP contribution in [0.1, 0.15) is 90.9 Å². The summed E-state index contributed by atoms with van der Waals surface area (Å²) in [7, 11) is -3.33. The lowest BCUT2D eigenvalue weighted by molar-refractivity contribution is 0.200. The first kappa shape index (κ1) is 24.4. The van der Waals surface area contributed by atoms with Gasteiger partial charge in [0.05, 0.1) is 13.2 Å². The standard InChI is InChI=1S/C18H39N2O4P/c1-3-5-7-9-11-13-15-23-25(22,17-18(19)20-21)24-16-14-12-10-8-6-4-2/h21H,3-17H2,1-2H3,(H2,19,20). The van der Waals surface area contributed by atoms with Crippen LogP contribution in [0.15, 0.2) is 5.16 Å². The molecule has 3 N–H and O–H groups in total. The lowest BCUT2D eigenvalue weighted by Crippen LogP contribution is -2.19. The number of oxime groups is 1. The van der Waals surface area contributed by atoms with Crippen molar-refractivity contribution in [2.24, 2.45) is 10.9 Å². The maximum atomic E-state index is 12.7. The minimum absolute atomic E-state index is 0.116. The van der Waals surface area contributed by atoms with E-state index in [0.717, 1.165) is 25.7 Å². The van der Waals surface area contributed by atoms with Gasteiger partial charge in [0.25, 0.3) is 0 Å². The SMILES string of the molecule is CCCCCCCCOP(=O)(CC(N)=NO)OCCCCCCCC. The zero-order chi connectivity index (χ0) is 18.8. The maximum absolute atomic E-state index is 12.7. The molecular weight excluding hydrogens is 339 g/mol. The van der Waals surface area contributed by atoms with E-state index < -0.39 is 7.60 Å². The molecule has 0 amide bonds. The second-order valence-corrected chi connectivity index (χ2v) is 8.62. The van der Waals surface area contributed by atoms with Crippen LogP contribution in [0.2, 0.25) is 0 Å². The van der Waals surface area contributed by atoms with Crippen LogP contribution in [-0.4, -0.2) is 30.4 Å². The molecule has 0 aliphatic carbocycles. The molecule has 7 heteroatoms. The summed E-state index contributed by atoms with van der Waals surface area (Å²) in [4.78, 5) is 0. The van der Waals surface area contributed by atoms with Crippen molar-refractivity contribution in [3.05, 3.63) is 0 Å². The van der Waals surface area contributed by atoms with Crippen molar-refractivity contribution in [1.82, 2.24) is 0 Å². The third kappa shape index (κ3) is 15.4. The Bertz CT molecular complexity index is 356. The van der Waals surface area contributed by atoms with Crippen LogP contribution in [0.5, 0.6) is 0 Å². The molecule has 0 aromatic rings. The number of nitrogens with two attached hydrogens (primary N) is 1. The highest BCUT2D eigenvalue weighted by Gasteiger charge is 2.26. The van der Waals surface area contributed by atoms with Gasteiger partial charge in [0.2, 0.25) is 0 Å². The van der Waals surface area contributed by atoms with E-state index in [2.05, 4.69) is 19.0 Å². The third-order valence-corrected chi connectivity index (χ3v) is 5.92. The zero-order valence-electron chi connectivity index (χ0n) is 16.3. The van der Waals surface area contributed by atoms with Crippen molar-refractivity contribution < 1.29 is 18.8 Å². The zero-order valence-corrected chi connectivity index (χ0v) is 17.1. The van der Waals surface area contributed by atoms with Crippen LogP contribution in [-0.2, 0) is 13.6 Å². The smallest absolute Gasteiger partial charge is 0.338 e. The molecule has 6 nitrogen and oxygen atoms in total. The van der Waals surface area contributed by atoms with Crippen LogP contribution in [0, 0.1) is 0 Å². The summed E-state index contributed by atoms with van der Waals surface area (Å²) in [5.74, 6) is -0.116. The van der Waals surface area contributed by atoms with Crippen LogP contribution < -0.4 is 5.73 Å². The third-order valence-electron chi connectivity index (χ3n) is 4.06. The molecule has 0 bridgehead atoms. The fourth-order valence-corrected chi connectivity index (χ4v) is 4.06. The largest absolute Gasteiger partial charge is 0.409 e. The van der Waals surface area contributed by atoms with E-state index in [1.165, 1.54) is 51.4 Å². The lowest BCUT2D eigenvalue weighted by Gasteiger charge is -2.18. The van der Waals surface area contributed by atoms with Crippen LogP contribution in [0.3, 0.4) is 0 Å². The van der Waals surface area contributed by atoms with Gasteiger partial charge < -0.3 is 20.0 Å². The molecule has 0 unspecified atom stereocenters. The van der Waals surface area contributed by atoms with Crippen molar-refractivity contribution in [2.75, 3.05) is 19.4 Å². The Labute approximate surface area is 154 Å². The van der Waals surface area contributed by atoms with Gasteiger partial charge >= 0.3 is 7.60 Å². The number of hydrogen-bond acceptors (Lipinski definition) is 5. The monoisotopic (exact) mass is 378 g/mol. The van der Waals surface area contributed by atoms with Gasteiger partial charge in [-0.2, -0.15) is 0 Å². The van der Waals surface area contributed by atoms with Gasteiger partial charge in [-0.3, -0.25) is 4.57 Å². The van der Waals surface area contributed by atoms with Crippen molar-refractivity contribution in [3.8, 4) is 0 Å². The van der Waals surface area contributed by atoms with E-state index in [4.69, 9.17) is 20.0 Å². The number of amidine groups is 1. The summed E-state index contributed by atoms with van der Waals surface area (Å²) >= 11 is 0. The average Bonchev–Trinajstić information content (AvgIpc) is 2.60. The molecule has 0 heterocycles. The molecule has 0 aromatic carbocycles. The molecule has 0 fully saturated rings.